The highest BCUT2D eigenvalue weighted by atomic mass is 19.1. The lowest BCUT2D eigenvalue weighted by Crippen LogP contribution is -2.55. The number of nitrogens with one attached hydrogen (secondary N) is 3. The van der Waals surface area contributed by atoms with Gasteiger partial charge in [-0.15, -0.1) is 5.10 Å². The van der Waals surface area contributed by atoms with Crippen LogP contribution < -0.4 is 45.9 Å². The number of ether oxygens (including phenoxy) is 6. The molecule has 5 N–H and O–H groups in total. The van der Waals surface area contributed by atoms with Crippen molar-refractivity contribution in [2.24, 2.45) is 12.8 Å². The van der Waals surface area contributed by atoms with E-state index in [0.717, 1.165) is 31.5 Å². The van der Waals surface area contributed by atoms with Gasteiger partial charge < -0.3 is 69.4 Å². The van der Waals surface area contributed by atoms with Crippen molar-refractivity contribution in [1.82, 2.24) is 44.6 Å². The second-order valence-corrected chi connectivity index (χ2v) is 17.2. The molecule has 4 aromatic heterocycles. The number of nitrogens with zero attached hydrogens (tertiary/aromatic N) is 11. The largest absolute Gasteiger partial charge is 0.495 e. The average molecular weight is 974 g/mol. The molecule has 1 saturated heterocycles. The van der Waals surface area contributed by atoms with E-state index in [4.69, 9.17) is 39.1 Å². The van der Waals surface area contributed by atoms with Gasteiger partial charge in [-0.2, -0.15) is 15.0 Å². The van der Waals surface area contributed by atoms with Crippen LogP contribution in [0, 0.1) is 0 Å². The highest BCUT2D eigenvalue weighted by Crippen LogP contribution is 2.40. The number of amides is 2. The van der Waals surface area contributed by atoms with E-state index >= 15 is 0 Å². The number of likely N-dealkylation sites (N-methyl/N-ethyl adjacent to an activating group) is 1. The normalized spacial score (nSPS) is 18.2. The van der Waals surface area contributed by atoms with Gasteiger partial charge in [-0.05, 0) is 37.5 Å². The van der Waals surface area contributed by atoms with E-state index in [2.05, 4.69) is 45.9 Å². The van der Waals surface area contributed by atoms with Crippen LogP contribution in [0.15, 0.2) is 36.9 Å². The molecule has 70 heavy (non-hydrogen) atoms. The lowest BCUT2D eigenvalue weighted by molar-refractivity contribution is -0.120. The van der Waals surface area contributed by atoms with Gasteiger partial charge in [-0.25, -0.2) is 14.4 Å². The molecule has 24 heteroatoms. The van der Waals surface area contributed by atoms with Crippen LogP contribution in [0.25, 0.3) is 11.2 Å². The van der Waals surface area contributed by atoms with Crippen LogP contribution in [-0.4, -0.2) is 169 Å². The van der Waals surface area contributed by atoms with E-state index in [9.17, 15) is 14.0 Å². The number of aromatic nitrogens is 8. The Hall–Kier alpha value is -6.47. The number of fused-ring (bicyclic) bond motifs is 2. The highest BCUT2D eigenvalue weighted by Gasteiger charge is 2.41. The van der Waals surface area contributed by atoms with E-state index < -0.39 is 12.2 Å². The van der Waals surface area contributed by atoms with E-state index in [-0.39, 0.29) is 30.4 Å². The number of rotatable bonds is 25. The quantitative estimate of drug-likeness (QED) is 0.0613. The Morgan fingerprint density at radius 1 is 0.886 bits per heavy atom. The van der Waals surface area contributed by atoms with Gasteiger partial charge in [-0.1, -0.05) is 19.8 Å². The Bertz CT molecular complexity index is 2550. The summed E-state index contributed by atoms with van der Waals surface area (Å²) in [7, 11) is 6.67. The summed E-state index contributed by atoms with van der Waals surface area (Å²) in [5.74, 6) is 2.50. The molecule has 8 rings (SSSR count). The second-order valence-electron chi connectivity index (χ2n) is 17.2. The van der Waals surface area contributed by atoms with Gasteiger partial charge in [0.15, 0.2) is 22.8 Å². The van der Waals surface area contributed by atoms with Gasteiger partial charge in [0.1, 0.15) is 29.3 Å². The summed E-state index contributed by atoms with van der Waals surface area (Å²) in [6.45, 7) is 6.23. The minimum atomic E-state index is -1.16. The SMILES string of the molecule is CC[C@@H]1C(=O)N(C)c2cnc(Nc3ccc(C(=O)NCCOCCOCCOCCOCCn4cc(Nc5nc(N6C[C@@H](N)[C@H](F)C6)nc6c5ncn6C)c(OC)n4)cc3OC)nc2N1C1CCCC1. The predicted octanol–water partition coefficient (Wildman–Crippen LogP) is 3.34. The fourth-order valence-electron chi connectivity index (χ4n) is 8.82. The summed E-state index contributed by atoms with van der Waals surface area (Å²) in [6, 6.07) is 4.49. The lowest BCUT2D eigenvalue weighted by Gasteiger charge is -2.43. The van der Waals surface area contributed by atoms with E-state index in [1.807, 2.05) is 14.0 Å². The second kappa shape index (κ2) is 23.4. The number of halogens is 1. The molecule has 0 bridgehead atoms. The minimum Gasteiger partial charge on any atom is -0.495 e. The molecule has 3 aliphatic rings. The Kier molecular flexibility index (Phi) is 16.7. The van der Waals surface area contributed by atoms with Gasteiger partial charge in [0.25, 0.3) is 11.8 Å². The molecule has 2 aliphatic heterocycles. The molecule has 1 aliphatic carbocycles. The molecule has 1 saturated carbocycles. The number of alkyl halides is 1. The minimum absolute atomic E-state index is 0.0578. The third kappa shape index (κ3) is 11.6. The molecule has 5 aromatic rings. The number of hydrogen-bond donors (Lipinski definition) is 4. The van der Waals surface area contributed by atoms with E-state index in [1.54, 1.807) is 63.0 Å². The number of imidazole rings is 1. The maximum atomic E-state index is 14.3. The van der Waals surface area contributed by atoms with Crippen molar-refractivity contribution in [2.75, 3.05) is 119 Å². The van der Waals surface area contributed by atoms with Crippen molar-refractivity contribution in [1.29, 1.82) is 0 Å². The molecule has 6 heterocycles. The number of carbonyl (C=O) groups is 2. The topological polar surface area (TPSA) is 249 Å². The fourth-order valence-corrected chi connectivity index (χ4v) is 8.82. The maximum absolute atomic E-state index is 14.3. The van der Waals surface area contributed by atoms with Crippen LogP contribution in [0.3, 0.4) is 0 Å². The summed E-state index contributed by atoms with van der Waals surface area (Å²) in [6.07, 6.45) is 8.96. The Morgan fingerprint density at radius 3 is 2.30 bits per heavy atom. The Labute approximate surface area is 405 Å². The molecule has 23 nitrogen and oxygen atoms in total. The molecule has 378 valence electrons. The zero-order valence-electron chi connectivity index (χ0n) is 40.4. The Balaban J connectivity index is 0.685. The van der Waals surface area contributed by atoms with Crippen molar-refractivity contribution in [2.45, 2.75) is 69.9 Å². The van der Waals surface area contributed by atoms with E-state index in [0.29, 0.717) is 142 Å². The summed E-state index contributed by atoms with van der Waals surface area (Å²) in [5.41, 5.74) is 9.33. The van der Waals surface area contributed by atoms with Gasteiger partial charge in [0.05, 0.1) is 111 Å². The monoisotopic (exact) mass is 974 g/mol. The molecule has 0 unspecified atom stereocenters. The van der Waals surface area contributed by atoms with Crippen LogP contribution >= 0.6 is 0 Å². The summed E-state index contributed by atoms with van der Waals surface area (Å²) < 4.78 is 51.5. The molecular formula is C46H64FN15O8. The van der Waals surface area contributed by atoms with Gasteiger partial charge in [0.2, 0.25) is 17.8 Å². The summed E-state index contributed by atoms with van der Waals surface area (Å²) in [5, 5.41) is 13.9. The van der Waals surface area contributed by atoms with Crippen LogP contribution in [0.1, 0.15) is 49.4 Å². The van der Waals surface area contributed by atoms with E-state index in [1.165, 1.54) is 14.2 Å². The van der Waals surface area contributed by atoms with Crippen molar-refractivity contribution in [3.05, 3.63) is 42.5 Å². The fraction of sp³-hybridized carbons (Fsp3) is 0.565. The number of methoxy groups -OCH3 is 2. The number of carbonyl (C=O) groups excluding carboxylic acids is 2. The number of nitrogens with two attached hydrogens (primary N) is 1. The van der Waals surface area contributed by atoms with Crippen molar-refractivity contribution < 1.29 is 42.4 Å². The van der Waals surface area contributed by atoms with Crippen molar-refractivity contribution >= 4 is 63.6 Å². The zero-order chi connectivity index (χ0) is 49.1. The first kappa shape index (κ1) is 49.9. The third-order valence-electron chi connectivity index (χ3n) is 12.5. The molecule has 0 spiro atoms. The lowest BCUT2D eigenvalue weighted by atomic mass is 10.0. The van der Waals surface area contributed by atoms with Crippen LogP contribution in [0.4, 0.5) is 45.0 Å². The predicted molar refractivity (Wildman–Crippen MR) is 260 cm³/mol. The zero-order valence-corrected chi connectivity index (χ0v) is 40.4. The molecular weight excluding hydrogens is 910 g/mol. The van der Waals surface area contributed by atoms with Crippen LogP contribution in [0.5, 0.6) is 11.6 Å². The average Bonchev–Trinajstić information content (AvgIpc) is 4.19. The number of hydrogen-bond acceptors (Lipinski definition) is 19. The molecule has 1 aromatic carbocycles. The van der Waals surface area contributed by atoms with Crippen LogP contribution in [-0.2, 0) is 37.3 Å². The standard InChI is InChI=1S/C46H64FN15O8/c1-6-35-44(64)59(3)36-24-50-45(55-40(36)62(35)30-9-7-8-10-30)53-33-12-11-29(23-37(33)65-4)42(63)49-13-15-67-17-19-69-21-22-70-20-18-68-16-14-61-27-34(43(57-61)66-5)52-39-38-41(58(2)28-51-38)56-46(54-39)60-25-31(47)32(48)26-60/h11-12,23-24,27-28,30-32,35H,6-10,13-22,25-26,48H2,1-5H3,(H,49,63)(H,50,53,55)(H,52,54,56)/t31-,32-,35-/m1/s1. The van der Waals surface area contributed by atoms with Gasteiger partial charge in [-0.3, -0.25) is 14.3 Å². The molecule has 2 amide bonds. The molecule has 3 atom stereocenters. The highest BCUT2D eigenvalue weighted by molar-refractivity contribution is 6.04. The first-order valence-corrected chi connectivity index (χ1v) is 23.8. The summed E-state index contributed by atoms with van der Waals surface area (Å²) in [4.78, 5) is 55.0. The van der Waals surface area contributed by atoms with Crippen LogP contribution in [0.2, 0.25) is 0 Å². The van der Waals surface area contributed by atoms with Gasteiger partial charge >= 0.3 is 0 Å². The first-order chi connectivity index (χ1) is 34.1. The smallest absolute Gasteiger partial charge is 0.256 e. The third-order valence-corrected chi connectivity index (χ3v) is 12.5. The number of anilines is 7. The van der Waals surface area contributed by atoms with Crippen molar-refractivity contribution in [3.63, 3.8) is 0 Å². The molecule has 0 radical (unpaired) electrons. The molecule has 2 fully saturated rings. The van der Waals surface area contributed by atoms with Crippen molar-refractivity contribution in [3.8, 4) is 11.6 Å². The maximum Gasteiger partial charge on any atom is 0.256 e. The summed E-state index contributed by atoms with van der Waals surface area (Å²) >= 11 is 0. The first-order valence-electron chi connectivity index (χ1n) is 23.8. The van der Waals surface area contributed by atoms with Gasteiger partial charge in [0, 0.05) is 38.8 Å². The Morgan fingerprint density at radius 2 is 1.61 bits per heavy atom. The number of aryl methyl sites for hydroxylation is 1. The number of benzene rings is 1.